The van der Waals surface area contributed by atoms with Crippen LogP contribution in [0.2, 0.25) is 0 Å². The minimum Gasteiger partial charge on any atom is -0.465 e. The van der Waals surface area contributed by atoms with Crippen LogP contribution in [0.15, 0.2) is 27.0 Å². The molecule has 25 heavy (non-hydrogen) atoms. The zero-order chi connectivity index (χ0) is 18.1. The Morgan fingerprint density at radius 3 is 2.76 bits per heavy atom. The molecule has 0 spiro atoms. The quantitative estimate of drug-likeness (QED) is 0.709. The summed E-state index contributed by atoms with van der Waals surface area (Å²) < 4.78 is 15.8. The summed E-state index contributed by atoms with van der Waals surface area (Å²) in [6.07, 6.45) is 0. The first-order valence-corrected chi connectivity index (χ1v) is 7.74. The Bertz CT molecular complexity index is 992. The molecule has 0 unspecified atom stereocenters. The number of aromatic nitrogens is 1. The molecule has 0 saturated carbocycles. The molecule has 0 fully saturated rings. The Morgan fingerprint density at radius 2 is 2.12 bits per heavy atom. The summed E-state index contributed by atoms with van der Waals surface area (Å²) >= 11 is 0. The van der Waals surface area contributed by atoms with Gasteiger partial charge >= 0.3 is 12.0 Å². The van der Waals surface area contributed by atoms with Crippen LogP contribution < -0.4 is 5.32 Å². The number of nitriles is 1. The molecule has 3 aromatic rings. The molecule has 1 aromatic carbocycles. The summed E-state index contributed by atoms with van der Waals surface area (Å²) in [7, 11) is 1.25. The highest BCUT2D eigenvalue weighted by Crippen LogP contribution is 2.31. The number of nitrogens with one attached hydrogen (secondary N) is 1. The minimum atomic E-state index is -0.634. The number of ether oxygens (including phenoxy) is 1. The van der Waals surface area contributed by atoms with Crippen LogP contribution in [-0.4, -0.2) is 18.1 Å². The van der Waals surface area contributed by atoms with Crippen molar-refractivity contribution in [2.75, 3.05) is 12.4 Å². The minimum absolute atomic E-state index is 0.0504. The van der Waals surface area contributed by atoms with Crippen LogP contribution in [-0.2, 0) is 4.74 Å². The van der Waals surface area contributed by atoms with Crippen LogP contribution in [0, 0.1) is 18.3 Å². The molecule has 7 heteroatoms. The van der Waals surface area contributed by atoms with E-state index in [9.17, 15) is 10.1 Å². The third-order valence-corrected chi connectivity index (χ3v) is 3.88. The maximum Gasteiger partial charge on any atom is 0.342 e. The largest absolute Gasteiger partial charge is 0.465 e. The van der Waals surface area contributed by atoms with Crippen LogP contribution >= 0.6 is 0 Å². The molecule has 0 saturated heterocycles. The van der Waals surface area contributed by atoms with Gasteiger partial charge in [0.15, 0.2) is 5.58 Å². The topological polar surface area (TPSA) is 101 Å². The number of carbonyl (C=O) groups is 1. The molecule has 3 rings (SSSR count). The van der Waals surface area contributed by atoms with E-state index < -0.39 is 5.97 Å². The van der Waals surface area contributed by atoms with Crippen molar-refractivity contribution in [3.05, 3.63) is 40.6 Å². The number of benzene rings is 1. The zero-order valence-corrected chi connectivity index (χ0v) is 14.3. The number of hydrogen-bond acceptors (Lipinski definition) is 7. The average Bonchev–Trinajstić information content (AvgIpc) is 3.12. The van der Waals surface area contributed by atoms with Crippen LogP contribution in [0.1, 0.15) is 47.0 Å². The summed E-state index contributed by atoms with van der Waals surface area (Å²) in [5, 5.41) is 12.2. The van der Waals surface area contributed by atoms with Gasteiger partial charge in [-0.1, -0.05) is 19.9 Å². The van der Waals surface area contributed by atoms with E-state index in [0.29, 0.717) is 17.0 Å². The normalized spacial score (nSPS) is 10.9. The summed E-state index contributed by atoms with van der Waals surface area (Å²) in [5.41, 5.74) is 2.60. The van der Waals surface area contributed by atoms with Gasteiger partial charge in [0.25, 0.3) is 0 Å². The molecule has 0 atom stereocenters. The lowest BCUT2D eigenvalue weighted by Crippen LogP contribution is -2.04. The van der Waals surface area contributed by atoms with Gasteiger partial charge in [0, 0.05) is 0 Å². The van der Waals surface area contributed by atoms with Crippen molar-refractivity contribution in [1.29, 1.82) is 5.26 Å². The molecule has 0 amide bonds. The van der Waals surface area contributed by atoms with Gasteiger partial charge in [-0.05, 0) is 30.5 Å². The maximum atomic E-state index is 11.8. The smallest absolute Gasteiger partial charge is 0.342 e. The first-order valence-electron chi connectivity index (χ1n) is 7.74. The molecule has 0 bridgehead atoms. The van der Waals surface area contributed by atoms with Crippen molar-refractivity contribution in [2.24, 2.45) is 0 Å². The third-order valence-electron chi connectivity index (χ3n) is 3.88. The molecular formula is C18H17N3O4. The highest BCUT2D eigenvalue weighted by atomic mass is 16.5. The number of furan rings is 1. The second-order valence-electron chi connectivity index (χ2n) is 5.87. The molecule has 0 aliphatic carbocycles. The van der Waals surface area contributed by atoms with E-state index in [2.05, 4.69) is 28.9 Å². The van der Waals surface area contributed by atoms with Crippen molar-refractivity contribution in [1.82, 2.24) is 4.98 Å². The van der Waals surface area contributed by atoms with Crippen molar-refractivity contribution in [3.63, 3.8) is 0 Å². The Kier molecular flexibility index (Phi) is 4.19. The molecule has 0 radical (unpaired) electrons. The predicted octanol–water partition coefficient (Wildman–Crippen LogP) is 4.25. The standard InChI is InChI=1S/C18H17N3O4/c1-9(2)11-5-6-14-13(7-11)20-18(25-14)21-16-12(8-19)15(10(3)24-16)17(22)23-4/h5-7,9H,1-4H3,(H,20,21). The Morgan fingerprint density at radius 1 is 1.36 bits per heavy atom. The Hall–Kier alpha value is -3.27. The summed E-state index contributed by atoms with van der Waals surface area (Å²) in [6, 6.07) is 7.91. The van der Waals surface area contributed by atoms with Gasteiger partial charge in [0.2, 0.25) is 5.88 Å². The number of nitrogens with zero attached hydrogens (tertiary/aromatic N) is 2. The summed E-state index contributed by atoms with van der Waals surface area (Å²) in [4.78, 5) is 16.2. The SMILES string of the molecule is COC(=O)c1c(C)oc(Nc2nc3cc(C(C)C)ccc3o2)c1C#N. The highest BCUT2D eigenvalue weighted by Gasteiger charge is 2.25. The molecule has 128 valence electrons. The number of oxazole rings is 1. The predicted molar refractivity (Wildman–Crippen MR) is 90.9 cm³/mol. The molecule has 1 N–H and O–H groups in total. The molecule has 2 aromatic heterocycles. The fraction of sp³-hybridized carbons (Fsp3) is 0.278. The lowest BCUT2D eigenvalue weighted by Gasteiger charge is -2.02. The van der Waals surface area contributed by atoms with Crippen LogP contribution in [0.5, 0.6) is 0 Å². The molecule has 0 aliphatic heterocycles. The maximum absolute atomic E-state index is 11.8. The van der Waals surface area contributed by atoms with Gasteiger partial charge in [-0.3, -0.25) is 5.32 Å². The average molecular weight is 339 g/mol. The number of carbonyl (C=O) groups excluding carboxylic acids is 1. The van der Waals surface area contributed by atoms with Crippen molar-refractivity contribution < 1.29 is 18.4 Å². The fourth-order valence-electron chi connectivity index (χ4n) is 2.54. The van der Waals surface area contributed by atoms with E-state index in [1.54, 1.807) is 6.92 Å². The number of hydrogen-bond donors (Lipinski definition) is 1. The van der Waals surface area contributed by atoms with Gasteiger partial charge in [0.1, 0.15) is 28.5 Å². The molecule has 0 aliphatic rings. The number of methoxy groups -OCH3 is 1. The van der Waals surface area contributed by atoms with E-state index in [4.69, 9.17) is 8.83 Å². The summed E-state index contributed by atoms with van der Waals surface area (Å²) in [5.74, 6) is 0.114. The first-order chi connectivity index (χ1) is 11.9. The fourth-order valence-corrected chi connectivity index (χ4v) is 2.54. The van der Waals surface area contributed by atoms with E-state index >= 15 is 0 Å². The van der Waals surface area contributed by atoms with Crippen molar-refractivity contribution in [3.8, 4) is 6.07 Å². The monoisotopic (exact) mass is 339 g/mol. The van der Waals surface area contributed by atoms with Crippen molar-refractivity contribution in [2.45, 2.75) is 26.7 Å². The second kappa shape index (κ2) is 6.32. The van der Waals surface area contributed by atoms with Crippen molar-refractivity contribution >= 4 is 29.0 Å². The number of fused-ring (bicyclic) bond motifs is 1. The zero-order valence-electron chi connectivity index (χ0n) is 14.3. The number of rotatable bonds is 4. The Labute approximate surface area is 144 Å². The van der Waals surface area contributed by atoms with Gasteiger partial charge in [-0.25, -0.2) is 4.79 Å². The molecule has 2 heterocycles. The Balaban J connectivity index is 1.99. The highest BCUT2D eigenvalue weighted by molar-refractivity contribution is 5.95. The first kappa shape index (κ1) is 16.6. The van der Waals surface area contributed by atoms with E-state index in [1.165, 1.54) is 7.11 Å². The number of aryl methyl sites for hydroxylation is 1. The lowest BCUT2D eigenvalue weighted by molar-refractivity contribution is 0.0598. The van der Waals surface area contributed by atoms with Crippen LogP contribution in [0.3, 0.4) is 0 Å². The van der Waals surface area contributed by atoms with Crippen LogP contribution in [0.25, 0.3) is 11.1 Å². The van der Waals surface area contributed by atoms with Gasteiger partial charge < -0.3 is 13.6 Å². The number of esters is 1. The third kappa shape index (κ3) is 2.94. The van der Waals surface area contributed by atoms with Gasteiger partial charge in [-0.15, -0.1) is 0 Å². The van der Waals surface area contributed by atoms with E-state index in [0.717, 1.165) is 5.56 Å². The van der Waals surface area contributed by atoms with E-state index in [1.807, 2.05) is 24.3 Å². The van der Waals surface area contributed by atoms with E-state index in [-0.39, 0.29) is 28.8 Å². The molecule has 7 nitrogen and oxygen atoms in total. The molecular weight excluding hydrogens is 322 g/mol. The van der Waals surface area contributed by atoms with Gasteiger partial charge in [-0.2, -0.15) is 10.2 Å². The van der Waals surface area contributed by atoms with Crippen LogP contribution in [0.4, 0.5) is 11.9 Å². The summed E-state index contributed by atoms with van der Waals surface area (Å²) in [6.45, 7) is 5.78. The second-order valence-corrected chi connectivity index (χ2v) is 5.87. The van der Waals surface area contributed by atoms with Gasteiger partial charge in [0.05, 0.1) is 7.11 Å². The lowest BCUT2D eigenvalue weighted by atomic mass is 10.0. The number of anilines is 2.